The van der Waals surface area contributed by atoms with E-state index in [1.165, 1.54) is 19.3 Å². The zero-order valence-corrected chi connectivity index (χ0v) is 9.74. The lowest BCUT2D eigenvalue weighted by Gasteiger charge is -2.32. The summed E-state index contributed by atoms with van der Waals surface area (Å²) in [6, 6.07) is 10.6. The Morgan fingerprint density at radius 3 is 2.81 bits per heavy atom. The zero-order valence-electron chi connectivity index (χ0n) is 9.74. The minimum absolute atomic E-state index is 0.570. The molecular formula is C14H18N2. The second kappa shape index (κ2) is 5.14. The second-order valence-corrected chi connectivity index (χ2v) is 4.63. The zero-order chi connectivity index (χ0) is 11.4. The monoisotopic (exact) mass is 214 g/mol. The van der Waals surface area contributed by atoms with E-state index in [1.807, 2.05) is 24.3 Å². The van der Waals surface area contributed by atoms with Crippen LogP contribution in [0.1, 0.15) is 37.3 Å². The number of rotatable bonds is 4. The van der Waals surface area contributed by atoms with E-state index in [1.54, 1.807) is 0 Å². The highest BCUT2D eigenvalue weighted by Crippen LogP contribution is 2.29. The Morgan fingerprint density at radius 2 is 2.19 bits per heavy atom. The van der Waals surface area contributed by atoms with Gasteiger partial charge >= 0.3 is 0 Å². The predicted octanol–water partition coefficient (Wildman–Crippen LogP) is 2.84. The van der Waals surface area contributed by atoms with Gasteiger partial charge in [0.1, 0.15) is 0 Å². The molecule has 0 heterocycles. The van der Waals surface area contributed by atoms with Gasteiger partial charge in [0, 0.05) is 12.6 Å². The van der Waals surface area contributed by atoms with Crippen LogP contribution < -0.4 is 5.32 Å². The Hall–Kier alpha value is -1.33. The van der Waals surface area contributed by atoms with Gasteiger partial charge in [0.05, 0.1) is 11.6 Å². The van der Waals surface area contributed by atoms with Gasteiger partial charge in [-0.05, 0) is 37.3 Å². The third kappa shape index (κ3) is 2.43. The van der Waals surface area contributed by atoms with Crippen molar-refractivity contribution in [1.29, 1.82) is 5.26 Å². The fourth-order valence-corrected chi connectivity index (χ4v) is 2.16. The van der Waals surface area contributed by atoms with Crippen LogP contribution in [-0.2, 0) is 6.54 Å². The summed E-state index contributed by atoms with van der Waals surface area (Å²) in [6.07, 6.45) is 4.09. The maximum Gasteiger partial charge on any atom is 0.0995 e. The number of nitriles is 1. The van der Waals surface area contributed by atoms with E-state index in [0.717, 1.165) is 23.6 Å². The molecule has 1 unspecified atom stereocenters. The molecule has 1 fully saturated rings. The van der Waals surface area contributed by atoms with Crippen molar-refractivity contribution >= 4 is 0 Å². The average molecular weight is 214 g/mol. The third-order valence-electron chi connectivity index (χ3n) is 3.61. The largest absolute Gasteiger partial charge is 0.310 e. The van der Waals surface area contributed by atoms with Crippen molar-refractivity contribution < 1.29 is 0 Å². The van der Waals surface area contributed by atoms with E-state index in [2.05, 4.69) is 18.3 Å². The van der Waals surface area contributed by atoms with Crippen LogP contribution in [0.25, 0.3) is 0 Å². The van der Waals surface area contributed by atoms with Crippen LogP contribution in [-0.4, -0.2) is 6.04 Å². The molecule has 2 rings (SSSR count). The van der Waals surface area contributed by atoms with Crippen molar-refractivity contribution in [3.63, 3.8) is 0 Å². The van der Waals surface area contributed by atoms with Gasteiger partial charge in [0.15, 0.2) is 0 Å². The first-order valence-corrected chi connectivity index (χ1v) is 6.02. The van der Waals surface area contributed by atoms with Crippen molar-refractivity contribution in [2.45, 2.75) is 38.8 Å². The summed E-state index contributed by atoms with van der Waals surface area (Å²) >= 11 is 0. The summed E-state index contributed by atoms with van der Waals surface area (Å²) in [4.78, 5) is 0. The molecule has 1 N–H and O–H groups in total. The summed E-state index contributed by atoms with van der Waals surface area (Å²) in [5, 5.41) is 12.5. The highest BCUT2D eigenvalue weighted by Gasteiger charge is 2.23. The summed E-state index contributed by atoms with van der Waals surface area (Å²) < 4.78 is 0. The highest BCUT2D eigenvalue weighted by molar-refractivity contribution is 5.37. The number of hydrogen-bond donors (Lipinski definition) is 1. The first kappa shape index (κ1) is 11.2. The van der Waals surface area contributed by atoms with E-state index in [-0.39, 0.29) is 0 Å². The Morgan fingerprint density at radius 1 is 1.44 bits per heavy atom. The molecule has 0 aliphatic heterocycles. The molecule has 1 aromatic carbocycles. The maximum atomic E-state index is 8.97. The molecule has 0 amide bonds. The molecule has 0 saturated heterocycles. The summed E-state index contributed by atoms with van der Waals surface area (Å²) in [5.41, 5.74) is 1.90. The Kier molecular flexibility index (Phi) is 3.58. The Bertz CT molecular complexity index is 388. The molecule has 1 saturated carbocycles. The molecule has 0 aromatic heterocycles. The lowest BCUT2D eigenvalue weighted by molar-refractivity contribution is 0.240. The first-order valence-electron chi connectivity index (χ1n) is 6.02. The predicted molar refractivity (Wildman–Crippen MR) is 64.8 cm³/mol. The van der Waals surface area contributed by atoms with Crippen LogP contribution in [0.4, 0.5) is 0 Å². The minimum atomic E-state index is 0.570. The van der Waals surface area contributed by atoms with Gasteiger partial charge in [-0.15, -0.1) is 0 Å². The minimum Gasteiger partial charge on any atom is -0.310 e. The molecule has 16 heavy (non-hydrogen) atoms. The van der Waals surface area contributed by atoms with Crippen molar-refractivity contribution in [2.24, 2.45) is 5.92 Å². The topological polar surface area (TPSA) is 35.8 Å². The quantitative estimate of drug-likeness (QED) is 0.836. The van der Waals surface area contributed by atoms with Gasteiger partial charge in [0.25, 0.3) is 0 Å². The van der Waals surface area contributed by atoms with Crippen LogP contribution in [0.2, 0.25) is 0 Å². The normalized spacial score (nSPS) is 17.5. The van der Waals surface area contributed by atoms with Gasteiger partial charge in [-0.25, -0.2) is 0 Å². The lowest BCUT2D eigenvalue weighted by atomic mass is 9.80. The number of hydrogen-bond acceptors (Lipinski definition) is 2. The maximum absolute atomic E-state index is 8.97. The van der Waals surface area contributed by atoms with Crippen LogP contribution in [0.5, 0.6) is 0 Å². The Balaban J connectivity index is 1.91. The molecule has 1 aliphatic rings. The van der Waals surface area contributed by atoms with E-state index >= 15 is 0 Å². The number of nitrogens with one attached hydrogen (secondary N) is 1. The van der Waals surface area contributed by atoms with Crippen molar-refractivity contribution in [2.75, 3.05) is 0 Å². The standard InChI is InChI=1S/C14H18N2/c1-11(12-7-4-8-12)16-10-14-6-3-2-5-13(14)9-15/h2-3,5-6,11-12,16H,4,7-8,10H2,1H3. The third-order valence-corrected chi connectivity index (χ3v) is 3.61. The first-order chi connectivity index (χ1) is 7.81. The SMILES string of the molecule is CC(NCc1ccccc1C#N)C1CCC1. The number of nitrogens with zero attached hydrogens (tertiary/aromatic N) is 1. The van der Waals surface area contributed by atoms with E-state index in [9.17, 15) is 0 Å². The molecule has 0 radical (unpaired) electrons. The molecule has 2 heteroatoms. The van der Waals surface area contributed by atoms with Gasteiger partial charge < -0.3 is 5.32 Å². The van der Waals surface area contributed by atoms with E-state index in [0.29, 0.717) is 6.04 Å². The van der Waals surface area contributed by atoms with Crippen molar-refractivity contribution in [1.82, 2.24) is 5.32 Å². The molecule has 1 aliphatic carbocycles. The lowest BCUT2D eigenvalue weighted by Crippen LogP contribution is -2.36. The van der Waals surface area contributed by atoms with Crippen LogP contribution in [0.15, 0.2) is 24.3 Å². The van der Waals surface area contributed by atoms with Gasteiger partial charge in [0.2, 0.25) is 0 Å². The fraction of sp³-hybridized carbons (Fsp3) is 0.500. The van der Waals surface area contributed by atoms with Crippen LogP contribution in [0, 0.1) is 17.2 Å². The molecule has 1 aromatic rings. The van der Waals surface area contributed by atoms with Crippen molar-refractivity contribution in [3.8, 4) is 6.07 Å². The van der Waals surface area contributed by atoms with Crippen molar-refractivity contribution in [3.05, 3.63) is 35.4 Å². The smallest absolute Gasteiger partial charge is 0.0995 e. The summed E-state index contributed by atoms with van der Waals surface area (Å²) in [6.45, 7) is 3.06. The van der Waals surface area contributed by atoms with E-state index < -0.39 is 0 Å². The van der Waals surface area contributed by atoms with Gasteiger partial charge in [-0.1, -0.05) is 24.6 Å². The highest BCUT2D eigenvalue weighted by atomic mass is 14.9. The average Bonchev–Trinajstić information content (AvgIpc) is 2.24. The molecule has 84 valence electrons. The number of benzene rings is 1. The second-order valence-electron chi connectivity index (χ2n) is 4.63. The summed E-state index contributed by atoms with van der Waals surface area (Å²) in [5.74, 6) is 0.842. The molecule has 0 spiro atoms. The van der Waals surface area contributed by atoms with Gasteiger partial charge in [-0.3, -0.25) is 0 Å². The molecule has 0 bridgehead atoms. The molecular weight excluding hydrogens is 196 g/mol. The van der Waals surface area contributed by atoms with Gasteiger partial charge in [-0.2, -0.15) is 5.26 Å². The fourth-order valence-electron chi connectivity index (χ4n) is 2.16. The van der Waals surface area contributed by atoms with Crippen LogP contribution in [0.3, 0.4) is 0 Å². The molecule has 2 nitrogen and oxygen atoms in total. The van der Waals surface area contributed by atoms with Crippen LogP contribution >= 0.6 is 0 Å². The Labute approximate surface area is 97.3 Å². The van der Waals surface area contributed by atoms with E-state index in [4.69, 9.17) is 5.26 Å². The molecule has 1 atom stereocenters. The summed E-state index contributed by atoms with van der Waals surface area (Å²) in [7, 11) is 0.